The van der Waals surface area contributed by atoms with Gasteiger partial charge in [-0.2, -0.15) is 0 Å². The molecule has 0 bridgehead atoms. The Morgan fingerprint density at radius 2 is 1.65 bits per heavy atom. The Balaban J connectivity index is 2.20. The van der Waals surface area contributed by atoms with Crippen LogP contribution in [0.2, 0.25) is 0 Å². The Bertz CT molecular complexity index is 500. The number of rotatable bonds is 4. The molecule has 2 rings (SSSR count). The summed E-state index contributed by atoms with van der Waals surface area (Å²) in [4.78, 5) is 0. The maximum atomic E-state index is 4.12. The number of hydrogen-bond acceptors (Lipinski definition) is 1. The molecule has 0 radical (unpaired) electrons. The summed E-state index contributed by atoms with van der Waals surface area (Å²) in [5.41, 5.74) is 4.54. The molecule has 0 aliphatic heterocycles. The Hall–Kier alpha value is -2.02. The number of anilines is 1. The fraction of sp³-hybridized carbons (Fsp3) is 0.125. The first-order valence-corrected chi connectivity index (χ1v) is 5.90. The molecule has 0 fully saturated rings. The van der Waals surface area contributed by atoms with Crippen molar-refractivity contribution in [2.45, 2.75) is 13.3 Å². The van der Waals surface area contributed by atoms with Crippen LogP contribution in [0, 0.1) is 0 Å². The van der Waals surface area contributed by atoms with Crippen LogP contribution < -0.4 is 5.32 Å². The topological polar surface area (TPSA) is 12.0 Å². The van der Waals surface area contributed by atoms with E-state index in [0.29, 0.717) is 0 Å². The highest BCUT2D eigenvalue weighted by molar-refractivity contribution is 5.76. The van der Waals surface area contributed by atoms with E-state index in [0.717, 1.165) is 17.8 Å². The third-order valence-corrected chi connectivity index (χ3v) is 2.79. The first-order valence-electron chi connectivity index (χ1n) is 5.90. The summed E-state index contributed by atoms with van der Waals surface area (Å²) in [6.07, 6.45) is 1.02. The third-order valence-electron chi connectivity index (χ3n) is 2.79. The van der Waals surface area contributed by atoms with Gasteiger partial charge in [-0.15, -0.1) is 0 Å². The van der Waals surface area contributed by atoms with Gasteiger partial charge in [-0.25, -0.2) is 0 Å². The maximum Gasteiger partial charge on any atom is 0.0387 e. The van der Waals surface area contributed by atoms with Gasteiger partial charge in [0.2, 0.25) is 0 Å². The lowest BCUT2D eigenvalue weighted by Gasteiger charge is -2.13. The average Bonchev–Trinajstić information content (AvgIpc) is 2.40. The molecule has 17 heavy (non-hydrogen) atoms. The van der Waals surface area contributed by atoms with E-state index in [2.05, 4.69) is 37.0 Å². The molecule has 0 saturated heterocycles. The normalized spacial score (nSPS) is 9.94. The summed E-state index contributed by atoms with van der Waals surface area (Å²) in [6, 6.07) is 18.5. The summed E-state index contributed by atoms with van der Waals surface area (Å²) >= 11 is 0. The van der Waals surface area contributed by atoms with Crippen molar-refractivity contribution < 1.29 is 0 Å². The molecule has 0 unspecified atom stereocenters. The predicted molar refractivity (Wildman–Crippen MR) is 74.9 cm³/mol. The van der Waals surface area contributed by atoms with E-state index in [-0.39, 0.29) is 0 Å². The standard InChI is InChI=1S/C16H17N/c1-3-14-9-7-8-12-16(14)13(2)17-15-10-5-4-6-11-15/h4-12,17H,2-3H2,1H3. The van der Waals surface area contributed by atoms with Crippen molar-refractivity contribution in [3.05, 3.63) is 72.3 Å². The third kappa shape index (κ3) is 2.76. The van der Waals surface area contributed by atoms with Crippen LogP contribution in [0.4, 0.5) is 5.69 Å². The van der Waals surface area contributed by atoms with E-state index in [1.54, 1.807) is 0 Å². The highest BCUT2D eigenvalue weighted by Gasteiger charge is 2.03. The molecule has 1 nitrogen and oxygen atoms in total. The van der Waals surface area contributed by atoms with E-state index in [1.807, 2.05) is 36.4 Å². The molecular weight excluding hydrogens is 206 g/mol. The van der Waals surface area contributed by atoms with Gasteiger partial charge in [-0.3, -0.25) is 0 Å². The molecule has 0 spiro atoms. The lowest BCUT2D eigenvalue weighted by molar-refractivity contribution is 1.13. The van der Waals surface area contributed by atoms with Gasteiger partial charge < -0.3 is 5.32 Å². The summed E-state index contributed by atoms with van der Waals surface area (Å²) in [5.74, 6) is 0. The van der Waals surface area contributed by atoms with Crippen molar-refractivity contribution >= 4 is 11.4 Å². The lowest BCUT2D eigenvalue weighted by Crippen LogP contribution is -2.00. The quantitative estimate of drug-likeness (QED) is 0.813. The minimum Gasteiger partial charge on any atom is -0.356 e. The van der Waals surface area contributed by atoms with Crippen LogP contribution in [0.15, 0.2) is 61.2 Å². The number of hydrogen-bond donors (Lipinski definition) is 1. The van der Waals surface area contributed by atoms with E-state index in [9.17, 15) is 0 Å². The molecule has 86 valence electrons. The number of para-hydroxylation sites is 1. The first kappa shape index (κ1) is 11.5. The average molecular weight is 223 g/mol. The van der Waals surface area contributed by atoms with Crippen LogP contribution in [-0.4, -0.2) is 0 Å². The highest BCUT2D eigenvalue weighted by Crippen LogP contribution is 2.20. The van der Waals surface area contributed by atoms with Crippen molar-refractivity contribution in [3.63, 3.8) is 0 Å². The molecule has 2 aromatic carbocycles. The second-order valence-electron chi connectivity index (χ2n) is 3.98. The molecule has 0 aliphatic carbocycles. The number of nitrogens with one attached hydrogen (secondary N) is 1. The van der Waals surface area contributed by atoms with Gasteiger partial charge in [0, 0.05) is 16.9 Å². The molecular formula is C16H17N. The van der Waals surface area contributed by atoms with Crippen molar-refractivity contribution in [3.8, 4) is 0 Å². The fourth-order valence-corrected chi connectivity index (χ4v) is 1.89. The molecule has 0 atom stereocenters. The van der Waals surface area contributed by atoms with Gasteiger partial charge in [0.05, 0.1) is 0 Å². The summed E-state index contributed by atoms with van der Waals surface area (Å²) in [6.45, 7) is 6.28. The summed E-state index contributed by atoms with van der Waals surface area (Å²) in [5, 5.41) is 3.34. The largest absolute Gasteiger partial charge is 0.356 e. The first-order chi connectivity index (χ1) is 8.31. The Kier molecular flexibility index (Phi) is 3.61. The van der Waals surface area contributed by atoms with Crippen LogP contribution in [0.25, 0.3) is 5.70 Å². The van der Waals surface area contributed by atoms with E-state index >= 15 is 0 Å². The van der Waals surface area contributed by atoms with Gasteiger partial charge in [-0.1, -0.05) is 56.0 Å². The molecule has 1 N–H and O–H groups in total. The predicted octanol–water partition coefficient (Wildman–Crippen LogP) is 4.33. The highest BCUT2D eigenvalue weighted by atomic mass is 14.9. The molecule has 1 heteroatoms. The van der Waals surface area contributed by atoms with Crippen LogP contribution in [0.5, 0.6) is 0 Å². The molecule has 0 saturated carbocycles. The van der Waals surface area contributed by atoms with E-state index < -0.39 is 0 Å². The van der Waals surface area contributed by atoms with Gasteiger partial charge >= 0.3 is 0 Å². The Morgan fingerprint density at radius 1 is 1.00 bits per heavy atom. The Morgan fingerprint density at radius 3 is 2.35 bits per heavy atom. The van der Waals surface area contributed by atoms with Crippen LogP contribution in [-0.2, 0) is 6.42 Å². The Labute approximate surface area is 103 Å². The minimum atomic E-state index is 0.952. The van der Waals surface area contributed by atoms with Gasteiger partial charge in [0.1, 0.15) is 0 Å². The maximum absolute atomic E-state index is 4.12. The second-order valence-corrected chi connectivity index (χ2v) is 3.98. The van der Waals surface area contributed by atoms with E-state index in [1.165, 1.54) is 11.1 Å². The summed E-state index contributed by atoms with van der Waals surface area (Å²) < 4.78 is 0. The van der Waals surface area contributed by atoms with Crippen LogP contribution >= 0.6 is 0 Å². The van der Waals surface area contributed by atoms with Crippen molar-refractivity contribution in [1.29, 1.82) is 0 Å². The second kappa shape index (κ2) is 5.35. The minimum absolute atomic E-state index is 0.952. The van der Waals surface area contributed by atoms with Crippen molar-refractivity contribution in [1.82, 2.24) is 0 Å². The summed E-state index contributed by atoms with van der Waals surface area (Å²) in [7, 11) is 0. The molecule has 0 amide bonds. The fourth-order valence-electron chi connectivity index (χ4n) is 1.89. The van der Waals surface area contributed by atoms with Gasteiger partial charge in [0.25, 0.3) is 0 Å². The molecule has 0 heterocycles. The zero-order valence-electron chi connectivity index (χ0n) is 10.1. The van der Waals surface area contributed by atoms with Crippen molar-refractivity contribution in [2.75, 3.05) is 5.32 Å². The van der Waals surface area contributed by atoms with Crippen LogP contribution in [0.1, 0.15) is 18.1 Å². The van der Waals surface area contributed by atoms with E-state index in [4.69, 9.17) is 0 Å². The van der Waals surface area contributed by atoms with Crippen molar-refractivity contribution in [2.24, 2.45) is 0 Å². The molecule has 2 aromatic rings. The zero-order chi connectivity index (χ0) is 12.1. The lowest BCUT2D eigenvalue weighted by atomic mass is 10.0. The number of benzene rings is 2. The smallest absolute Gasteiger partial charge is 0.0387 e. The van der Waals surface area contributed by atoms with Gasteiger partial charge in [0.15, 0.2) is 0 Å². The zero-order valence-corrected chi connectivity index (χ0v) is 10.1. The number of aryl methyl sites for hydroxylation is 1. The van der Waals surface area contributed by atoms with Gasteiger partial charge in [-0.05, 0) is 24.1 Å². The monoisotopic (exact) mass is 223 g/mol. The van der Waals surface area contributed by atoms with Crippen LogP contribution in [0.3, 0.4) is 0 Å². The molecule has 0 aliphatic rings. The molecule has 0 aromatic heterocycles. The SMILES string of the molecule is C=C(Nc1ccccc1)c1ccccc1CC.